The summed E-state index contributed by atoms with van der Waals surface area (Å²) < 4.78 is 11.3. The fourth-order valence-electron chi connectivity index (χ4n) is 4.37. The number of aliphatic hydroxyl groups is 1. The number of aromatic hydroxyl groups is 1. The van der Waals surface area contributed by atoms with Crippen LogP contribution in [0.3, 0.4) is 0 Å². The lowest BCUT2D eigenvalue weighted by atomic mass is 10.0. The van der Waals surface area contributed by atoms with E-state index in [2.05, 4.69) is 9.88 Å². The zero-order valence-corrected chi connectivity index (χ0v) is 15.5. The minimum atomic E-state index is -0.629. The molecule has 2 heterocycles. The van der Waals surface area contributed by atoms with Gasteiger partial charge in [-0.25, -0.2) is 0 Å². The van der Waals surface area contributed by atoms with Gasteiger partial charge in [0.25, 0.3) is 0 Å². The predicted molar refractivity (Wildman–Crippen MR) is 101 cm³/mol. The minimum absolute atomic E-state index is 0.115. The number of likely N-dealkylation sites (tertiary alicyclic amines) is 1. The predicted octanol–water partition coefficient (Wildman–Crippen LogP) is 2.62. The zero-order chi connectivity index (χ0) is 18.8. The van der Waals surface area contributed by atoms with Crippen LogP contribution in [0.1, 0.15) is 24.6 Å². The van der Waals surface area contributed by atoms with Crippen LogP contribution < -0.4 is 9.47 Å². The largest absolute Gasteiger partial charge is 0.506 e. The number of hydrogen-bond acceptors (Lipinski definition) is 6. The number of nitrogens with zero attached hydrogens (tertiary/aromatic N) is 2. The van der Waals surface area contributed by atoms with Crippen molar-refractivity contribution in [3.63, 3.8) is 0 Å². The van der Waals surface area contributed by atoms with Crippen molar-refractivity contribution in [2.75, 3.05) is 26.7 Å². The van der Waals surface area contributed by atoms with Gasteiger partial charge in [-0.05, 0) is 61.1 Å². The van der Waals surface area contributed by atoms with Crippen molar-refractivity contribution < 1.29 is 19.7 Å². The van der Waals surface area contributed by atoms with Gasteiger partial charge in [0.1, 0.15) is 23.4 Å². The third-order valence-electron chi connectivity index (χ3n) is 5.69. The molecule has 2 aromatic rings. The summed E-state index contributed by atoms with van der Waals surface area (Å²) in [6.07, 6.45) is 3.12. The molecule has 2 unspecified atom stereocenters. The molecule has 0 bridgehead atoms. The van der Waals surface area contributed by atoms with Gasteiger partial charge in [-0.15, -0.1) is 0 Å². The van der Waals surface area contributed by atoms with Crippen molar-refractivity contribution in [3.05, 3.63) is 48.3 Å². The second-order valence-corrected chi connectivity index (χ2v) is 7.58. The van der Waals surface area contributed by atoms with E-state index in [0.717, 1.165) is 37.4 Å². The van der Waals surface area contributed by atoms with E-state index in [4.69, 9.17) is 9.47 Å². The molecule has 27 heavy (non-hydrogen) atoms. The Morgan fingerprint density at radius 3 is 2.33 bits per heavy atom. The number of fused-ring (bicyclic) bond motifs is 1. The van der Waals surface area contributed by atoms with Gasteiger partial charge >= 0.3 is 0 Å². The van der Waals surface area contributed by atoms with Crippen molar-refractivity contribution in [2.45, 2.75) is 25.0 Å². The van der Waals surface area contributed by atoms with Crippen LogP contribution in [0.15, 0.2) is 42.6 Å². The SMILES string of the molecule is COc1ccc(OC2C[C@@H]3CN(CC(O)c4ccc(O)cn4)C[C@@H]3C2)cc1. The zero-order valence-electron chi connectivity index (χ0n) is 15.5. The molecule has 1 saturated heterocycles. The molecular formula is C21H26N2O4. The van der Waals surface area contributed by atoms with Gasteiger partial charge in [0.2, 0.25) is 0 Å². The highest BCUT2D eigenvalue weighted by Crippen LogP contribution is 2.40. The lowest BCUT2D eigenvalue weighted by molar-refractivity contribution is 0.113. The van der Waals surface area contributed by atoms with Crippen LogP contribution >= 0.6 is 0 Å². The number of aromatic nitrogens is 1. The first-order valence-corrected chi connectivity index (χ1v) is 9.46. The molecular weight excluding hydrogens is 344 g/mol. The molecule has 144 valence electrons. The van der Waals surface area contributed by atoms with Crippen LogP contribution in [0.4, 0.5) is 0 Å². The standard InChI is InChI=1S/C21H26N2O4/c1-26-17-3-5-18(6-4-17)27-19-8-14-11-23(12-15(14)9-19)13-21(25)20-7-2-16(24)10-22-20/h2-7,10,14-15,19,21,24-25H,8-9,11-13H2,1H3/t14-,15+,19?,21?. The lowest BCUT2D eigenvalue weighted by Crippen LogP contribution is -2.29. The molecule has 2 aliphatic rings. The van der Waals surface area contributed by atoms with Crippen LogP contribution in [-0.2, 0) is 0 Å². The molecule has 1 aromatic carbocycles. The Labute approximate surface area is 159 Å². The van der Waals surface area contributed by atoms with E-state index in [0.29, 0.717) is 24.1 Å². The van der Waals surface area contributed by atoms with Gasteiger partial charge in [0, 0.05) is 19.6 Å². The third kappa shape index (κ3) is 4.17. The highest BCUT2D eigenvalue weighted by Gasteiger charge is 2.42. The summed E-state index contributed by atoms with van der Waals surface area (Å²) in [5.74, 6) is 3.08. The van der Waals surface area contributed by atoms with Crippen molar-refractivity contribution in [3.8, 4) is 17.2 Å². The van der Waals surface area contributed by atoms with E-state index in [-0.39, 0.29) is 11.9 Å². The maximum absolute atomic E-state index is 10.4. The first-order chi connectivity index (χ1) is 13.1. The van der Waals surface area contributed by atoms with E-state index in [1.165, 1.54) is 6.20 Å². The van der Waals surface area contributed by atoms with Crippen LogP contribution in [-0.4, -0.2) is 52.9 Å². The van der Waals surface area contributed by atoms with Crippen LogP contribution in [0.2, 0.25) is 0 Å². The number of methoxy groups -OCH3 is 1. The molecule has 0 amide bonds. The number of aliphatic hydroxyl groups excluding tert-OH is 1. The van der Waals surface area contributed by atoms with Crippen molar-refractivity contribution in [1.82, 2.24) is 9.88 Å². The Kier molecular flexibility index (Phi) is 5.18. The van der Waals surface area contributed by atoms with Crippen LogP contribution in [0.5, 0.6) is 17.2 Å². The number of pyridine rings is 1. The van der Waals surface area contributed by atoms with Crippen molar-refractivity contribution in [1.29, 1.82) is 0 Å². The summed E-state index contributed by atoms with van der Waals surface area (Å²) in [6.45, 7) is 2.55. The Morgan fingerprint density at radius 1 is 1.07 bits per heavy atom. The summed E-state index contributed by atoms with van der Waals surface area (Å²) >= 11 is 0. The van der Waals surface area contributed by atoms with Crippen molar-refractivity contribution >= 4 is 0 Å². The Balaban J connectivity index is 1.27. The van der Waals surface area contributed by atoms with Gasteiger partial charge in [0.05, 0.1) is 25.1 Å². The number of ether oxygens (including phenoxy) is 2. The number of β-amino-alcohol motifs (C(OH)–C–C–N with tert-alkyl or cyclic N) is 1. The molecule has 0 radical (unpaired) electrons. The van der Waals surface area contributed by atoms with E-state index in [1.807, 2.05) is 24.3 Å². The Hall–Kier alpha value is -2.31. The molecule has 6 heteroatoms. The Morgan fingerprint density at radius 2 is 1.74 bits per heavy atom. The summed E-state index contributed by atoms with van der Waals surface area (Å²) in [6, 6.07) is 11.0. The number of hydrogen-bond donors (Lipinski definition) is 2. The average molecular weight is 370 g/mol. The Bertz CT molecular complexity index is 736. The summed E-state index contributed by atoms with van der Waals surface area (Å²) in [5, 5.41) is 19.7. The number of benzene rings is 1. The molecule has 1 aliphatic heterocycles. The van der Waals surface area contributed by atoms with Crippen LogP contribution in [0, 0.1) is 11.8 Å². The molecule has 2 N–H and O–H groups in total. The molecule has 4 atom stereocenters. The van der Waals surface area contributed by atoms with E-state index < -0.39 is 6.10 Å². The summed E-state index contributed by atoms with van der Waals surface area (Å²) in [4.78, 5) is 6.43. The molecule has 1 saturated carbocycles. The van der Waals surface area contributed by atoms with Gasteiger partial charge < -0.3 is 19.7 Å². The fraction of sp³-hybridized carbons (Fsp3) is 0.476. The fourth-order valence-corrected chi connectivity index (χ4v) is 4.37. The topological polar surface area (TPSA) is 75.1 Å². The monoisotopic (exact) mass is 370 g/mol. The highest BCUT2D eigenvalue weighted by atomic mass is 16.5. The third-order valence-corrected chi connectivity index (χ3v) is 5.69. The van der Waals surface area contributed by atoms with Crippen molar-refractivity contribution in [2.24, 2.45) is 11.8 Å². The first kappa shape index (κ1) is 18.1. The molecule has 1 aromatic heterocycles. The lowest BCUT2D eigenvalue weighted by Gasteiger charge is -2.22. The van der Waals surface area contributed by atoms with E-state index in [9.17, 15) is 10.2 Å². The van der Waals surface area contributed by atoms with E-state index >= 15 is 0 Å². The molecule has 6 nitrogen and oxygen atoms in total. The maximum Gasteiger partial charge on any atom is 0.133 e. The smallest absolute Gasteiger partial charge is 0.133 e. The van der Waals surface area contributed by atoms with Crippen LogP contribution in [0.25, 0.3) is 0 Å². The molecule has 0 spiro atoms. The normalized spacial score (nSPS) is 25.9. The molecule has 1 aliphatic carbocycles. The van der Waals surface area contributed by atoms with E-state index in [1.54, 1.807) is 19.2 Å². The minimum Gasteiger partial charge on any atom is -0.506 e. The summed E-state index contributed by atoms with van der Waals surface area (Å²) in [5.41, 5.74) is 0.602. The highest BCUT2D eigenvalue weighted by molar-refractivity contribution is 5.31. The summed E-state index contributed by atoms with van der Waals surface area (Å²) in [7, 11) is 1.66. The first-order valence-electron chi connectivity index (χ1n) is 9.46. The van der Waals surface area contributed by atoms with Gasteiger partial charge in [-0.3, -0.25) is 9.88 Å². The average Bonchev–Trinajstić information content (AvgIpc) is 3.20. The quantitative estimate of drug-likeness (QED) is 0.814. The number of rotatable bonds is 6. The van der Waals surface area contributed by atoms with Gasteiger partial charge in [-0.1, -0.05) is 0 Å². The molecule has 4 rings (SSSR count). The maximum atomic E-state index is 10.4. The van der Waals surface area contributed by atoms with Gasteiger partial charge in [0.15, 0.2) is 0 Å². The second-order valence-electron chi connectivity index (χ2n) is 7.58. The van der Waals surface area contributed by atoms with Gasteiger partial charge in [-0.2, -0.15) is 0 Å². The molecule has 2 fully saturated rings. The second kappa shape index (κ2) is 7.74.